The van der Waals surface area contributed by atoms with Crippen LogP contribution < -0.4 is 0 Å². The van der Waals surface area contributed by atoms with Crippen molar-refractivity contribution in [2.75, 3.05) is 6.61 Å². The van der Waals surface area contributed by atoms with Crippen LogP contribution >= 0.6 is 0 Å². The molecule has 0 N–H and O–H groups in total. The Morgan fingerprint density at radius 1 is 1.22 bits per heavy atom. The molecule has 122 valence electrons. The average molecular weight is 314 g/mol. The third-order valence-corrected chi connectivity index (χ3v) is 4.48. The first-order chi connectivity index (χ1) is 11.0. The number of amides is 1. The Hall–Kier alpha value is -2.14. The maximum atomic E-state index is 13.1. The number of aryl methyl sites for hydroxylation is 2. The molecule has 0 bridgehead atoms. The molecule has 5 nitrogen and oxygen atoms in total. The number of carbonyl (C=O) groups excluding carboxylic acids is 1. The van der Waals surface area contributed by atoms with Gasteiger partial charge in [-0.1, -0.05) is 35.5 Å². The first kappa shape index (κ1) is 15.7. The van der Waals surface area contributed by atoms with Gasteiger partial charge in [0.15, 0.2) is 0 Å². The van der Waals surface area contributed by atoms with Crippen molar-refractivity contribution in [3.05, 3.63) is 52.9 Å². The second-order valence-electron chi connectivity index (χ2n) is 6.17. The van der Waals surface area contributed by atoms with Crippen molar-refractivity contribution in [3.8, 4) is 0 Å². The summed E-state index contributed by atoms with van der Waals surface area (Å²) in [6, 6.07) is 9.97. The minimum absolute atomic E-state index is 0.00571. The van der Waals surface area contributed by atoms with E-state index in [-0.39, 0.29) is 24.1 Å². The summed E-state index contributed by atoms with van der Waals surface area (Å²) in [6.45, 7) is 8.13. The zero-order valence-corrected chi connectivity index (χ0v) is 13.9. The van der Waals surface area contributed by atoms with Crippen LogP contribution in [0.15, 0.2) is 34.9 Å². The Labute approximate surface area is 136 Å². The number of benzene rings is 1. The van der Waals surface area contributed by atoms with E-state index in [9.17, 15) is 4.79 Å². The molecule has 0 radical (unpaired) electrons. The van der Waals surface area contributed by atoms with Gasteiger partial charge < -0.3 is 14.2 Å². The van der Waals surface area contributed by atoms with Crippen molar-refractivity contribution in [2.24, 2.45) is 0 Å². The summed E-state index contributed by atoms with van der Waals surface area (Å²) >= 11 is 0. The number of hydrogen-bond donors (Lipinski definition) is 0. The lowest BCUT2D eigenvalue weighted by molar-refractivity contribution is -0.0806. The number of nitrogens with zero attached hydrogens (tertiary/aromatic N) is 2. The van der Waals surface area contributed by atoms with E-state index in [0.717, 1.165) is 5.56 Å². The predicted octanol–water partition coefficient (Wildman–Crippen LogP) is 3.28. The summed E-state index contributed by atoms with van der Waals surface area (Å²) in [7, 11) is 0. The summed E-state index contributed by atoms with van der Waals surface area (Å²) in [5.41, 5.74) is 2.29. The Balaban J connectivity index is 1.92. The summed E-state index contributed by atoms with van der Waals surface area (Å²) < 4.78 is 11.2. The van der Waals surface area contributed by atoms with Crippen LogP contribution in [0.4, 0.5) is 0 Å². The van der Waals surface area contributed by atoms with Gasteiger partial charge >= 0.3 is 0 Å². The van der Waals surface area contributed by atoms with E-state index in [1.54, 1.807) is 13.8 Å². The number of rotatable bonds is 2. The van der Waals surface area contributed by atoms with E-state index in [1.807, 2.05) is 49.1 Å². The third-order valence-electron chi connectivity index (χ3n) is 4.48. The quantitative estimate of drug-likeness (QED) is 0.853. The predicted molar refractivity (Wildman–Crippen MR) is 86.2 cm³/mol. The van der Waals surface area contributed by atoms with Crippen LogP contribution in [-0.4, -0.2) is 34.7 Å². The van der Waals surface area contributed by atoms with E-state index >= 15 is 0 Å². The second kappa shape index (κ2) is 6.16. The highest BCUT2D eigenvalue weighted by Gasteiger charge is 2.39. The van der Waals surface area contributed by atoms with E-state index in [0.29, 0.717) is 23.6 Å². The highest BCUT2D eigenvalue weighted by atomic mass is 16.5. The number of aromatic nitrogens is 1. The van der Waals surface area contributed by atoms with Gasteiger partial charge in [-0.3, -0.25) is 4.79 Å². The zero-order valence-electron chi connectivity index (χ0n) is 13.9. The van der Waals surface area contributed by atoms with Gasteiger partial charge in [0.2, 0.25) is 0 Å². The molecule has 1 amide bonds. The molecule has 0 spiro atoms. The van der Waals surface area contributed by atoms with Crippen molar-refractivity contribution in [2.45, 2.75) is 45.9 Å². The highest BCUT2D eigenvalue weighted by Crippen LogP contribution is 2.32. The fourth-order valence-electron chi connectivity index (χ4n) is 3.33. The van der Waals surface area contributed by atoms with Gasteiger partial charge in [0, 0.05) is 0 Å². The van der Waals surface area contributed by atoms with Crippen molar-refractivity contribution < 1.29 is 14.1 Å². The molecule has 0 unspecified atom stereocenters. The lowest BCUT2D eigenvalue weighted by Gasteiger charge is -2.43. The van der Waals surface area contributed by atoms with Crippen LogP contribution in [0.2, 0.25) is 0 Å². The topological polar surface area (TPSA) is 55.6 Å². The summed E-state index contributed by atoms with van der Waals surface area (Å²) in [5, 5.41) is 3.91. The van der Waals surface area contributed by atoms with Crippen LogP contribution in [0.5, 0.6) is 0 Å². The molecular formula is C18H22N2O3. The SMILES string of the molecule is Cc1noc(C)c1C(=O)N1[C@@H](C)CO[C@H](c2ccccc2)[C@@H]1C. The molecule has 23 heavy (non-hydrogen) atoms. The molecule has 1 aliphatic heterocycles. The molecule has 1 saturated heterocycles. The number of morpholine rings is 1. The highest BCUT2D eigenvalue weighted by molar-refractivity contribution is 5.96. The molecule has 3 atom stereocenters. The van der Waals surface area contributed by atoms with Gasteiger partial charge in [-0.25, -0.2) is 0 Å². The molecule has 0 aliphatic carbocycles. The molecule has 0 saturated carbocycles. The van der Waals surface area contributed by atoms with E-state index in [2.05, 4.69) is 5.16 Å². The summed E-state index contributed by atoms with van der Waals surface area (Å²) in [4.78, 5) is 15.0. The molecule has 3 rings (SSSR count). The van der Waals surface area contributed by atoms with Gasteiger partial charge in [-0.15, -0.1) is 0 Å². The number of carbonyl (C=O) groups is 1. The van der Waals surface area contributed by atoms with Crippen LogP contribution in [0.3, 0.4) is 0 Å². The van der Waals surface area contributed by atoms with Gasteiger partial charge in [0.25, 0.3) is 5.91 Å². The Kier molecular flexibility index (Phi) is 4.22. The molecule has 2 heterocycles. The zero-order chi connectivity index (χ0) is 16.6. The van der Waals surface area contributed by atoms with Gasteiger partial charge in [0.05, 0.1) is 24.4 Å². The molecule has 1 aromatic carbocycles. The van der Waals surface area contributed by atoms with E-state index in [1.165, 1.54) is 0 Å². The van der Waals surface area contributed by atoms with E-state index < -0.39 is 0 Å². The minimum Gasteiger partial charge on any atom is -0.369 e. The Morgan fingerprint density at radius 2 is 1.91 bits per heavy atom. The van der Waals surface area contributed by atoms with Crippen molar-refractivity contribution in [1.29, 1.82) is 0 Å². The maximum Gasteiger partial charge on any atom is 0.260 e. The van der Waals surface area contributed by atoms with Crippen LogP contribution in [0.1, 0.15) is 47.3 Å². The molecule has 5 heteroatoms. The van der Waals surface area contributed by atoms with E-state index in [4.69, 9.17) is 9.26 Å². The maximum absolute atomic E-state index is 13.1. The van der Waals surface area contributed by atoms with Crippen LogP contribution in [0, 0.1) is 13.8 Å². The normalized spacial score (nSPS) is 24.7. The van der Waals surface area contributed by atoms with Crippen LogP contribution in [-0.2, 0) is 4.74 Å². The third kappa shape index (κ3) is 2.77. The van der Waals surface area contributed by atoms with Gasteiger partial charge in [0.1, 0.15) is 17.4 Å². The molecule has 2 aromatic rings. The number of ether oxygens (including phenoxy) is 1. The lowest BCUT2D eigenvalue weighted by Crippen LogP contribution is -2.53. The van der Waals surface area contributed by atoms with Gasteiger partial charge in [-0.2, -0.15) is 0 Å². The molecule has 1 fully saturated rings. The fraction of sp³-hybridized carbons (Fsp3) is 0.444. The van der Waals surface area contributed by atoms with Crippen molar-refractivity contribution in [3.63, 3.8) is 0 Å². The molecule has 1 aromatic heterocycles. The minimum atomic E-state index is -0.128. The molecular weight excluding hydrogens is 292 g/mol. The standard InChI is InChI=1S/C18H22N2O3/c1-11-10-22-17(15-8-6-5-7-9-15)13(3)20(11)18(21)16-12(2)19-23-14(16)4/h5-9,11,13,17H,10H2,1-4H3/t11-,13-,17-/m0/s1. The second-order valence-corrected chi connectivity index (χ2v) is 6.17. The first-order valence-electron chi connectivity index (χ1n) is 7.92. The van der Waals surface area contributed by atoms with Crippen molar-refractivity contribution in [1.82, 2.24) is 10.1 Å². The summed E-state index contributed by atoms with van der Waals surface area (Å²) in [5.74, 6) is 0.528. The van der Waals surface area contributed by atoms with Crippen LogP contribution in [0.25, 0.3) is 0 Å². The monoisotopic (exact) mass is 314 g/mol. The lowest BCUT2D eigenvalue weighted by atomic mass is 9.97. The van der Waals surface area contributed by atoms with Gasteiger partial charge in [-0.05, 0) is 33.3 Å². The smallest absolute Gasteiger partial charge is 0.260 e. The average Bonchev–Trinajstić information content (AvgIpc) is 2.87. The molecule has 1 aliphatic rings. The number of hydrogen-bond acceptors (Lipinski definition) is 4. The first-order valence-corrected chi connectivity index (χ1v) is 7.92. The van der Waals surface area contributed by atoms with Crippen molar-refractivity contribution >= 4 is 5.91 Å². The summed E-state index contributed by atoms with van der Waals surface area (Å²) in [6.07, 6.45) is -0.128. The Bertz CT molecular complexity index is 676. The fourth-order valence-corrected chi connectivity index (χ4v) is 3.33. The Morgan fingerprint density at radius 3 is 2.52 bits per heavy atom. The largest absolute Gasteiger partial charge is 0.369 e.